The number of carbonyl (C=O) groups excluding carboxylic acids is 2. The fourth-order valence-corrected chi connectivity index (χ4v) is 1.64. The van der Waals surface area contributed by atoms with Gasteiger partial charge < -0.3 is 10.3 Å². The van der Waals surface area contributed by atoms with E-state index in [0.29, 0.717) is 17.7 Å². The van der Waals surface area contributed by atoms with Crippen LogP contribution in [0.1, 0.15) is 23.0 Å². The van der Waals surface area contributed by atoms with Crippen molar-refractivity contribution < 1.29 is 9.59 Å². The Morgan fingerprint density at radius 2 is 1.89 bits per heavy atom. The van der Waals surface area contributed by atoms with Crippen LogP contribution in [0.25, 0.3) is 0 Å². The topological polar surface area (TPSA) is 62.0 Å². The predicted octanol–water partition coefficient (Wildman–Crippen LogP) is 2.40. The van der Waals surface area contributed by atoms with E-state index in [-0.39, 0.29) is 11.7 Å². The average Bonchev–Trinajstić information content (AvgIpc) is 2.82. The molecule has 18 heavy (non-hydrogen) atoms. The maximum Gasteiger partial charge on any atom is 0.230 e. The summed E-state index contributed by atoms with van der Waals surface area (Å²) in [6, 6.07) is 10.6. The van der Waals surface area contributed by atoms with Crippen molar-refractivity contribution in [3.8, 4) is 0 Å². The molecule has 4 nitrogen and oxygen atoms in total. The molecule has 0 bridgehead atoms. The van der Waals surface area contributed by atoms with Gasteiger partial charge in [0.1, 0.15) is 0 Å². The van der Waals surface area contributed by atoms with Gasteiger partial charge in [0.2, 0.25) is 5.91 Å². The molecule has 0 aliphatic carbocycles. The minimum absolute atomic E-state index is 0.0132. The molecule has 0 fully saturated rings. The van der Waals surface area contributed by atoms with Crippen LogP contribution >= 0.6 is 0 Å². The van der Waals surface area contributed by atoms with Crippen molar-refractivity contribution in [3.63, 3.8) is 0 Å². The van der Waals surface area contributed by atoms with Gasteiger partial charge >= 0.3 is 0 Å². The Morgan fingerprint density at radius 1 is 1.17 bits per heavy atom. The quantitative estimate of drug-likeness (QED) is 0.809. The first-order valence-electron chi connectivity index (χ1n) is 5.68. The third-order valence-electron chi connectivity index (χ3n) is 2.59. The van der Waals surface area contributed by atoms with Crippen molar-refractivity contribution in [2.45, 2.75) is 13.3 Å². The lowest BCUT2D eigenvalue weighted by Crippen LogP contribution is -2.14. The normalized spacial score (nSPS) is 10.1. The van der Waals surface area contributed by atoms with E-state index >= 15 is 0 Å². The largest absolute Gasteiger partial charge is 0.365 e. The van der Waals surface area contributed by atoms with Crippen LogP contribution in [-0.2, 0) is 11.2 Å². The molecule has 0 aliphatic heterocycles. The Hall–Kier alpha value is -2.36. The molecule has 0 saturated heterocycles. The molecule has 1 aromatic heterocycles. The first-order chi connectivity index (χ1) is 8.65. The van der Waals surface area contributed by atoms with Crippen molar-refractivity contribution in [2.24, 2.45) is 0 Å². The van der Waals surface area contributed by atoms with E-state index in [9.17, 15) is 9.59 Å². The van der Waals surface area contributed by atoms with Crippen LogP contribution in [0.4, 0.5) is 5.69 Å². The number of carbonyl (C=O) groups is 2. The summed E-state index contributed by atoms with van der Waals surface area (Å²) in [4.78, 5) is 25.8. The van der Waals surface area contributed by atoms with Gasteiger partial charge in [0.15, 0.2) is 5.78 Å². The molecule has 2 aromatic rings. The number of nitrogens with one attached hydrogen (secondary N) is 2. The highest BCUT2D eigenvalue weighted by atomic mass is 16.1. The Morgan fingerprint density at radius 3 is 2.44 bits per heavy atom. The molecular weight excluding hydrogens is 228 g/mol. The lowest BCUT2D eigenvalue weighted by atomic mass is 10.1. The van der Waals surface area contributed by atoms with Crippen molar-refractivity contribution >= 4 is 17.4 Å². The smallest absolute Gasteiger partial charge is 0.230 e. The second kappa shape index (κ2) is 5.31. The van der Waals surface area contributed by atoms with Crippen molar-refractivity contribution in [1.82, 2.24) is 4.98 Å². The molecule has 0 unspecified atom stereocenters. The number of hydrogen-bond acceptors (Lipinski definition) is 2. The van der Waals surface area contributed by atoms with Gasteiger partial charge in [-0.1, -0.05) is 0 Å². The Kier molecular flexibility index (Phi) is 3.57. The summed E-state index contributed by atoms with van der Waals surface area (Å²) in [5.74, 6) is -0.0766. The Bertz CT molecular complexity index is 542. The highest BCUT2D eigenvalue weighted by Gasteiger charge is 2.05. The van der Waals surface area contributed by atoms with Gasteiger partial charge in [0, 0.05) is 23.1 Å². The van der Waals surface area contributed by atoms with E-state index < -0.39 is 0 Å². The first-order valence-corrected chi connectivity index (χ1v) is 5.68. The zero-order valence-electron chi connectivity index (χ0n) is 10.1. The minimum atomic E-state index is -0.0898. The summed E-state index contributed by atoms with van der Waals surface area (Å²) in [6.07, 6.45) is 2.09. The van der Waals surface area contributed by atoms with Crippen molar-refractivity contribution in [3.05, 3.63) is 53.9 Å². The van der Waals surface area contributed by atoms with Gasteiger partial charge in [0.25, 0.3) is 0 Å². The van der Waals surface area contributed by atoms with E-state index in [1.165, 1.54) is 6.92 Å². The first kappa shape index (κ1) is 12.1. The number of aromatic nitrogens is 1. The van der Waals surface area contributed by atoms with Crippen LogP contribution in [-0.4, -0.2) is 16.7 Å². The third-order valence-corrected chi connectivity index (χ3v) is 2.59. The van der Waals surface area contributed by atoms with Crippen LogP contribution in [0.15, 0.2) is 42.6 Å². The minimum Gasteiger partial charge on any atom is -0.365 e. The molecule has 92 valence electrons. The van der Waals surface area contributed by atoms with Crippen LogP contribution in [0.3, 0.4) is 0 Å². The SMILES string of the molecule is CC(=O)c1ccc(NC(=O)Cc2ccc[nH]2)cc1. The molecule has 1 aromatic carbocycles. The van der Waals surface area contributed by atoms with Crippen LogP contribution in [0, 0.1) is 0 Å². The maximum absolute atomic E-state index is 11.7. The van der Waals surface area contributed by atoms with Gasteiger partial charge in [-0.2, -0.15) is 0 Å². The standard InChI is InChI=1S/C14H14N2O2/c1-10(17)11-4-6-12(7-5-11)16-14(18)9-13-3-2-8-15-13/h2-8,15H,9H2,1H3,(H,16,18). The Labute approximate surface area is 105 Å². The van der Waals surface area contributed by atoms with Gasteiger partial charge in [-0.05, 0) is 43.3 Å². The van der Waals surface area contributed by atoms with E-state index in [1.807, 2.05) is 12.1 Å². The fourth-order valence-electron chi connectivity index (χ4n) is 1.64. The third kappa shape index (κ3) is 3.07. The molecule has 0 spiro atoms. The maximum atomic E-state index is 11.7. The van der Waals surface area contributed by atoms with Crippen LogP contribution in [0.5, 0.6) is 0 Å². The summed E-state index contributed by atoms with van der Waals surface area (Å²) in [5, 5.41) is 2.78. The molecule has 2 rings (SSSR count). The van der Waals surface area contributed by atoms with Gasteiger partial charge in [-0.15, -0.1) is 0 Å². The molecule has 0 saturated carbocycles. The zero-order chi connectivity index (χ0) is 13.0. The molecule has 0 radical (unpaired) electrons. The van der Waals surface area contributed by atoms with Gasteiger partial charge in [-0.25, -0.2) is 0 Å². The van der Waals surface area contributed by atoms with Crippen LogP contribution in [0.2, 0.25) is 0 Å². The van der Waals surface area contributed by atoms with E-state index in [2.05, 4.69) is 10.3 Å². The number of ketones is 1. The van der Waals surface area contributed by atoms with Crippen molar-refractivity contribution in [1.29, 1.82) is 0 Å². The fraction of sp³-hybridized carbons (Fsp3) is 0.143. The second-order valence-electron chi connectivity index (χ2n) is 4.05. The summed E-state index contributed by atoms with van der Waals surface area (Å²) in [5.41, 5.74) is 2.20. The monoisotopic (exact) mass is 242 g/mol. The predicted molar refractivity (Wildman–Crippen MR) is 69.6 cm³/mol. The summed E-state index contributed by atoms with van der Waals surface area (Å²) in [6.45, 7) is 1.51. The highest BCUT2D eigenvalue weighted by Crippen LogP contribution is 2.10. The molecular formula is C14H14N2O2. The number of amides is 1. The molecule has 1 amide bonds. The molecule has 0 atom stereocenters. The lowest BCUT2D eigenvalue weighted by Gasteiger charge is -2.05. The average molecular weight is 242 g/mol. The van der Waals surface area contributed by atoms with Gasteiger partial charge in [-0.3, -0.25) is 9.59 Å². The number of H-pyrrole nitrogens is 1. The molecule has 0 aliphatic rings. The number of hydrogen-bond donors (Lipinski definition) is 2. The van der Waals surface area contributed by atoms with E-state index in [0.717, 1.165) is 5.69 Å². The Balaban J connectivity index is 1.97. The van der Waals surface area contributed by atoms with Gasteiger partial charge in [0.05, 0.1) is 6.42 Å². The highest BCUT2D eigenvalue weighted by molar-refractivity contribution is 5.95. The number of benzene rings is 1. The molecule has 4 heteroatoms. The zero-order valence-corrected chi connectivity index (χ0v) is 10.1. The van der Waals surface area contributed by atoms with E-state index in [4.69, 9.17) is 0 Å². The molecule has 1 heterocycles. The number of aromatic amines is 1. The summed E-state index contributed by atoms with van der Waals surface area (Å²) in [7, 11) is 0. The number of rotatable bonds is 4. The number of anilines is 1. The molecule has 2 N–H and O–H groups in total. The lowest BCUT2D eigenvalue weighted by molar-refractivity contribution is -0.115. The van der Waals surface area contributed by atoms with Crippen molar-refractivity contribution in [2.75, 3.05) is 5.32 Å². The summed E-state index contributed by atoms with van der Waals surface area (Å²) < 4.78 is 0. The van der Waals surface area contributed by atoms with E-state index in [1.54, 1.807) is 30.5 Å². The summed E-state index contributed by atoms with van der Waals surface area (Å²) >= 11 is 0. The van der Waals surface area contributed by atoms with Crippen LogP contribution < -0.4 is 5.32 Å². The second-order valence-corrected chi connectivity index (χ2v) is 4.05. The number of Topliss-reactive ketones (excluding diaryl/α,β-unsaturated/α-hetero) is 1.